The third-order valence-corrected chi connectivity index (χ3v) is 3.95. The van der Waals surface area contributed by atoms with Crippen molar-refractivity contribution in [3.05, 3.63) is 0 Å². The molecule has 5 nitrogen and oxygen atoms in total. The molecule has 1 atom stereocenters. The summed E-state index contributed by atoms with van der Waals surface area (Å²) in [6.45, 7) is 0.840. The lowest BCUT2D eigenvalue weighted by atomic mass is 9.93. The topological polar surface area (TPSA) is 75.6 Å². The van der Waals surface area contributed by atoms with Crippen LogP contribution in [0.5, 0.6) is 0 Å². The minimum atomic E-state index is -0.887. The zero-order valence-corrected chi connectivity index (χ0v) is 10.6. The van der Waals surface area contributed by atoms with E-state index in [4.69, 9.17) is 9.84 Å². The van der Waals surface area contributed by atoms with Crippen LogP contribution in [0.2, 0.25) is 0 Å². The van der Waals surface area contributed by atoms with Crippen LogP contribution in [0.1, 0.15) is 44.9 Å². The molecule has 1 aliphatic carbocycles. The number of carbonyl (C=O) groups excluding carboxylic acids is 1. The maximum atomic E-state index is 12.0. The fourth-order valence-corrected chi connectivity index (χ4v) is 3.00. The van der Waals surface area contributed by atoms with Crippen LogP contribution >= 0.6 is 0 Å². The molecule has 2 fully saturated rings. The van der Waals surface area contributed by atoms with Crippen LogP contribution in [0.4, 0.5) is 0 Å². The molecule has 0 aromatic rings. The summed E-state index contributed by atoms with van der Waals surface area (Å²) in [4.78, 5) is 22.9. The maximum absolute atomic E-state index is 12.0. The van der Waals surface area contributed by atoms with Crippen molar-refractivity contribution in [3.8, 4) is 0 Å². The van der Waals surface area contributed by atoms with Crippen molar-refractivity contribution in [2.24, 2.45) is 5.92 Å². The van der Waals surface area contributed by atoms with Gasteiger partial charge in [0, 0.05) is 13.0 Å². The number of nitrogens with one attached hydrogen (secondary N) is 1. The number of carboxylic acids is 1. The van der Waals surface area contributed by atoms with E-state index in [1.54, 1.807) is 0 Å². The number of carbonyl (C=O) groups is 2. The highest BCUT2D eigenvalue weighted by molar-refractivity contribution is 5.78. The van der Waals surface area contributed by atoms with E-state index in [9.17, 15) is 9.59 Å². The molecule has 1 saturated carbocycles. The van der Waals surface area contributed by atoms with Crippen molar-refractivity contribution in [2.75, 3.05) is 13.2 Å². The van der Waals surface area contributed by atoms with Gasteiger partial charge in [-0.2, -0.15) is 0 Å². The molecule has 2 rings (SSSR count). The highest BCUT2D eigenvalue weighted by Crippen LogP contribution is 2.28. The zero-order chi connectivity index (χ0) is 13.0. The monoisotopic (exact) mass is 255 g/mol. The average molecular weight is 255 g/mol. The van der Waals surface area contributed by atoms with Crippen LogP contribution in [0, 0.1) is 5.92 Å². The molecule has 2 N–H and O–H groups in total. The van der Waals surface area contributed by atoms with E-state index in [-0.39, 0.29) is 12.3 Å². The molecule has 18 heavy (non-hydrogen) atoms. The average Bonchev–Trinajstić information content (AvgIpc) is 2.89. The molecule has 0 aromatic carbocycles. The summed E-state index contributed by atoms with van der Waals surface area (Å²) in [5, 5.41) is 11.8. The minimum absolute atomic E-state index is 0.0198. The molecular formula is C13H21NO4. The minimum Gasteiger partial charge on any atom is -0.481 e. The predicted molar refractivity (Wildman–Crippen MR) is 65.1 cm³/mol. The van der Waals surface area contributed by atoms with Crippen LogP contribution in [0.15, 0.2) is 0 Å². The van der Waals surface area contributed by atoms with Gasteiger partial charge in [-0.05, 0) is 25.2 Å². The van der Waals surface area contributed by atoms with Crippen molar-refractivity contribution in [3.63, 3.8) is 0 Å². The Morgan fingerprint density at radius 3 is 2.61 bits per heavy atom. The molecule has 1 amide bonds. The summed E-state index contributed by atoms with van der Waals surface area (Å²) in [5.41, 5.74) is -0.679. The van der Waals surface area contributed by atoms with Crippen LogP contribution < -0.4 is 5.32 Å². The van der Waals surface area contributed by atoms with Crippen LogP contribution in [0.3, 0.4) is 0 Å². The second-order valence-electron chi connectivity index (χ2n) is 5.56. The number of ether oxygens (including phenoxy) is 1. The van der Waals surface area contributed by atoms with E-state index in [0.717, 1.165) is 12.8 Å². The number of rotatable bonds is 5. The Balaban J connectivity index is 1.87. The zero-order valence-electron chi connectivity index (χ0n) is 10.6. The first-order valence-electron chi connectivity index (χ1n) is 6.70. The van der Waals surface area contributed by atoms with Gasteiger partial charge in [0.05, 0.1) is 18.6 Å². The van der Waals surface area contributed by atoms with Gasteiger partial charge in [-0.1, -0.05) is 12.8 Å². The van der Waals surface area contributed by atoms with Crippen molar-refractivity contribution in [1.82, 2.24) is 5.32 Å². The van der Waals surface area contributed by atoms with Gasteiger partial charge < -0.3 is 15.2 Å². The summed E-state index contributed by atoms with van der Waals surface area (Å²) >= 11 is 0. The molecule has 0 bridgehead atoms. The molecule has 0 aromatic heterocycles. The van der Waals surface area contributed by atoms with Gasteiger partial charge in [-0.15, -0.1) is 0 Å². The second-order valence-corrected chi connectivity index (χ2v) is 5.56. The molecule has 1 unspecified atom stereocenters. The summed E-state index contributed by atoms with van der Waals surface area (Å²) in [7, 11) is 0. The Kier molecular flexibility index (Phi) is 4.22. The third kappa shape index (κ3) is 3.45. The Morgan fingerprint density at radius 1 is 1.33 bits per heavy atom. The fourth-order valence-electron chi connectivity index (χ4n) is 3.00. The Bertz CT molecular complexity index is 317. The lowest BCUT2D eigenvalue weighted by Crippen LogP contribution is -2.50. The van der Waals surface area contributed by atoms with E-state index < -0.39 is 11.5 Å². The van der Waals surface area contributed by atoms with Crippen molar-refractivity contribution >= 4 is 11.9 Å². The van der Waals surface area contributed by atoms with Crippen LogP contribution in [-0.2, 0) is 14.3 Å². The normalized spacial score (nSPS) is 28.4. The molecule has 1 aliphatic heterocycles. The predicted octanol–water partition coefficient (Wildman–Crippen LogP) is 1.32. The molecule has 0 spiro atoms. The van der Waals surface area contributed by atoms with Crippen LogP contribution in [0.25, 0.3) is 0 Å². The van der Waals surface area contributed by atoms with E-state index in [1.807, 2.05) is 0 Å². The fraction of sp³-hybridized carbons (Fsp3) is 0.846. The van der Waals surface area contributed by atoms with E-state index in [0.29, 0.717) is 32.0 Å². The lowest BCUT2D eigenvalue weighted by molar-refractivity contribution is -0.139. The van der Waals surface area contributed by atoms with Gasteiger partial charge in [0.2, 0.25) is 5.91 Å². The molecule has 2 aliphatic rings. The quantitative estimate of drug-likeness (QED) is 0.776. The van der Waals surface area contributed by atoms with E-state index in [1.165, 1.54) is 12.8 Å². The maximum Gasteiger partial charge on any atom is 0.305 e. The van der Waals surface area contributed by atoms with Gasteiger partial charge in [0.25, 0.3) is 0 Å². The number of hydrogen-bond donors (Lipinski definition) is 2. The largest absolute Gasteiger partial charge is 0.481 e. The summed E-state index contributed by atoms with van der Waals surface area (Å²) in [6.07, 6.45) is 5.73. The van der Waals surface area contributed by atoms with Crippen LogP contribution in [-0.4, -0.2) is 35.7 Å². The van der Waals surface area contributed by atoms with E-state index in [2.05, 4.69) is 5.32 Å². The lowest BCUT2D eigenvalue weighted by Gasteiger charge is -2.27. The smallest absolute Gasteiger partial charge is 0.305 e. The number of amides is 1. The number of aliphatic carboxylic acids is 1. The highest BCUT2D eigenvalue weighted by Gasteiger charge is 2.38. The van der Waals surface area contributed by atoms with Crippen molar-refractivity contribution in [2.45, 2.75) is 50.5 Å². The molecule has 1 heterocycles. The first-order valence-corrected chi connectivity index (χ1v) is 6.70. The Labute approximate surface area is 107 Å². The molecule has 5 heteroatoms. The van der Waals surface area contributed by atoms with Crippen molar-refractivity contribution in [1.29, 1.82) is 0 Å². The van der Waals surface area contributed by atoms with Gasteiger partial charge in [0.15, 0.2) is 0 Å². The van der Waals surface area contributed by atoms with Gasteiger partial charge in [-0.3, -0.25) is 9.59 Å². The molecule has 1 saturated heterocycles. The summed E-state index contributed by atoms with van der Waals surface area (Å²) in [6, 6.07) is 0. The first kappa shape index (κ1) is 13.3. The number of carboxylic acid groups (broad SMARTS) is 1. The summed E-state index contributed by atoms with van der Waals surface area (Å²) in [5.74, 6) is -0.426. The second kappa shape index (κ2) is 5.69. The van der Waals surface area contributed by atoms with Gasteiger partial charge in [-0.25, -0.2) is 0 Å². The van der Waals surface area contributed by atoms with Gasteiger partial charge in [0.1, 0.15) is 0 Å². The molecule has 0 radical (unpaired) electrons. The molecular weight excluding hydrogens is 234 g/mol. The Hall–Kier alpha value is -1.10. The SMILES string of the molecule is O=C(O)CC1(NC(=O)CC2CCCC2)CCOC1. The standard InChI is InChI=1S/C13H21NO4/c15-11(7-10-3-1-2-4-10)14-13(8-12(16)17)5-6-18-9-13/h10H,1-9H2,(H,14,15)(H,16,17). The summed E-state index contributed by atoms with van der Waals surface area (Å²) < 4.78 is 5.25. The van der Waals surface area contributed by atoms with E-state index >= 15 is 0 Å². The molecule has 102 valence electrons. The van der Waals surface area contributed by atoms with Gasteiger partial charge >= 0.3 is 5.97 Å². The Morgan fingerprint density at radius 2 is 2.06 bits per heavy atom. The van der Waals surface area contributed by atoms with Crippen molar-refractivity contribution < 1.29 is 19.4 Å². The first-order chi connectivity index (χ1) is 8.60. The third-order valence-electron chi connectivity index (χ3n) is 3.95. The highest BCUT2D eigenvalue weighted by atomic mass is 16.5. The number of hydrogen-bond acceptors (Lipinski definition) is 3.